The Kier molecular flexibility index (Phi) is 18.1. The van der Waals surface area contributed by atoms with Gasteiger partial charge in [0.1, 0.15) is 12.4 Å². The van der Waals surface area contributed by atoms with Crippen LogP contribution in [-0.2, 0) is 31.5 Å². The summed E-state index contributed by atoms with van der Waals surface area (Å²) in [5, 5.41) is 3.48. The average Bonchev–Trinajstić information content (AvgIpc) is 2.99. The van der Waals surface area contributed by atoms with Gasteiger partial charge in [-0.1, -0.05) is 30.3 Å². The fraction of sp³-hybridized carbons (Fsp3) is 0.400. The van der Waals surface area contributed by atoms with Crippen molar-refractivity contribution >= 4 is 24.1 Å². The highest BCUT2D eigenvalue weighted by atomic mass is 32.2. The standard InChI is InChI=1S/C20H28N2O4S.C10H16N2O3S/c1-4-23-18-7-5-6-8-19(18)24-12-11-22-16(3)13-17-10-9-15(2)20(14-17)27-26-25-21;1-7(11)5-8-3-4-9(13-2)10(6-8)16-15-14-12/h5-10,14,16,22H,4,11-13,21H2,1-3H3;3-4,6-7H,5,11-12H2,1-2H3. The van der Waals surface area contributed by atoms with Crippen LogP contribution in [0.15, 0.2) is 70.5 Å². The highest BCUT2D eigenvalue weighted by Gasteiger charge is 2.09. The van der Waals surface area contributed by atoms with Crippen molar-refractivity contribution in [1.82, 2.24) is 5.32 Å². The number of hydrogen-bond acceptors (Lipinski definition) is 13. The molecule has 0 bridgehead atoms. The van der Waals surface area contributed by atoms with Crippen molar-refractivity contribution in [2.75, 3.05) is 26.9 Å². The average molecular weight is 637 g/mol. The topological polar surface area (TPSA) is 155 Å². The van der Waals surface area contributed by atoms with Gasteiger partial charge in [0.15, 0.2) is 11.5 Å². The van der Waals surface area contributed by atoms with Crippen LogP contribution >= 0.6 is 24.1 Å². The minimum absolute atomic E-state index is 0.109. The lowest BCUT2D eigenvalue weighted by Gasteiger charge is -2.16. The summed E-state index contributed by atoms with van der Waals surface area (Å²) in [4.78, 5) is 10.0. The maximum Gasteiger partial charge on any atom is 0.161 e. The van der Waals surface area contributed by atoms with Crippen molar-refractivity contribution in [3.63, 3.8) is 0 Å². The van der Waals surface area contributed by atoms with Crippen molar-refractivity contribution in [2.45, 2.75) is 62.4 Å². The van der Waals surface area contributed by atoms with Crippen LogP contribution < -0.4 is 37.1 Å². The van der Waals surface area contributed by atoms with Crippen LogP contribution in [0.25, 0.3) is 0 Å². The second kappa shape index (κ2) is 21.2. The number of rotatable bonds is 18. The van der Waals surface area contributed by atoms with Gasteiger partial charge in [-0.2, -0.15) is 11.8 Å². The van der Waals surface area contributed by atoms with Gasteiger partial charge < -0.3 is 25.3 Å². The molecule has 3 rings (SSSR count). The highest BCUT2D eigenvalue weighted by molar-refractivity contribution is 7.94. The lowest BCUT2D eigenvalue weighted by molar-refractivity contribution is -0.195. The lowest BCUT2D eigenvalue weighted by atomic mass is 10.1. The Morgan fingerprint density at radius 3 is 2.02 bits per heavy atom. The first-order chi connectivity index (χ1) is 20.8. The number of benzene rings is 3. The van der Waals surface area contributed by atoms with Crippen molar-refractivity contribution in [3.05, 3.63) is 77.4 Å². The summed E-state index contributed by atoms with van der Waals surface area (Å²) >= 11 is 2.11. The quantitative estimate of drug-likeness (QED) is 0.0623. The van der Waals surface area contributed by atoms with E-state index in [1.807, 2.05) is 63.2 Å². The molecule has 0 spiro atoms. The molecule has 13 heteroatoms. The monoisotopic (exact) mass is 636 g/mol. The predicted molar refractivity (Wildman–Crippen MR) is 170 cm³/mol. The van der Waals surface area contributed by atoms with E-state index in [1.54, 1.807) is 7.11 Å². The molecule has 7 N–H and O–H groups in total. The van der Waals surface area contributed by atoms with E-state index >= 15 is 0 Å². The first-order valence-corrected chi connectivity index (χ1v) is 15.3. The van der Waals surface area contributed by atoms with Crippen molar-refractivity contribution < 1.29 is 32.9 Å². The molecular formula is C30H44N4O7S2. The zero-order valence-corrected chi connectivity index (χ0v) is 27.0. The van der Waals surface area contributed by atoms with Gasteiger partial charge in [-0.15, -0.1) is 18.6 Å². The summed E-state index contributed by atoms with van der Waals surface area (Å²) in [6.45, 7) is 10.0. The normalized spacial score (nSPS) is 12.2. The summed E-state index contributed by atoms with van der Waals surface area (Å²) in [5.41, 5.74) is 9.17. The van der Waals surface area contributed by atoms with Gasteiger partial charge in [0.2, 0.25) is 0 Å². The third-order valence-electron chi connectivity index (χ3n) is 5.91. The second-order valence-corrected chi connectivity index (χ2v) is 11.0. The molecule has 0 aliphatic rings. The molecule has 0 saturated carbocycles. The molecule has 0 aromatic heterocycles. The molecule has 0 aliphatic heterocycles. The van der Waals surface area contributed by atoms with Crippen LogP contribution in [0.2, 0.25) is 0 Å². The van der Waals surface area contributed by atoms with Crippen molar-refractivity contribution in [2.24, 2.45) is 17.5 Å². The summed E-state index contributed by atoms with van der Waals surface area (Å²) in [5.74, 6) is 11.9. The SMILES string of the molecule is CCOc1ccccc1OCCNC(C)Cc1ccc(C)c(SOON)c1.COc1ccc(CC(C)N)cc1SOON. The lowest BCUT2D eigenvalue weighted by Crippen LogP contribution is -2.31. The van der Waals surface area contributed by atoms with Crippen LogP contribution in [0, 0.1) is 6.92 Å². The molecule has 2 atom stereocenters. The van der Waals surface area contributed by atoms with E-state index in [4.69, 9.17) is 36.1 Å². The summed E-state index contributed by atoms with van der Waals surface area (Å²) in [6.07, 6.45) is 1.69. The molecule has 0 saturated heterocycles. The van der Waals surface area contributed by atoms with Gasteiger partial charge in [-0.05, 0) is 87.6 Å². The Morgan fingerprint density at radius 2 is 1.40 bits per heavy atom. The summed E-state index contributed by atoms with van der Waals surface area (Å²) in [6, 6.07) is 20.2. The fourth-order valence-electron chi connectivity index (χ4n) is 4.00. The van der Waals surface area contributed by atoms with Gasteiger partial charge in [0.25, 0.3) is 0 Å². The molecule has 0 fully saturated rings. The number of nitrogens with two attached hydrogens (primary N) is 3. The smallest absolute Gasteiger partial charge is 0.161 e. The first-order valence-electron chi connectivity index (χ1n) is 13.8. The molecule has 3 aromatic rings. The third-order valence-corrected chi connectivity index (χ3v) is 7.32. The van der Waals surface area contributed by atoms with Crippen LogP contribution in [0.4, 0.5) is 0 Å². The summed E-state index contributed by atoms with van der Waals surface area (Å²) in [7, 11) is 1.59. The predicted octanol–water partition coefficient (Wildman–Crippen LogP) is 5.24. The van der Waals surface area contributed by atoms with Crippen LogP contribution in [0.3, 0.4) is 0 Å². The molecule has 3 aromatic carbocycles. The van der Waals surface area contributed by atoms with E-state index in [0.717, 1.165) is 75.9 Å². The van der Waals surface area contributed by atoms with E-state index in [9.17, 15) is 0 Å². The molecule has 11 nitrogen and oxygen atoms in total. The first kappa shape index (κ1) is 36.6. The van der Waals surface area contributed by atoms with Gasteiger partial charge in [-0.25, -0.2) is 0 Å². The second-order valence-electron chi connectivity index (χ2n) is 9.55. The van der Waals surface area contributed by atoms with Crippen LogP contribution in [-0.4, -0.2) is 39.0 Å². The number of ether oxygens (including phenoxy) is 3. The van der Waals surface area contributed by atoms with Crippen LogP contribution in [0.5, 0.6) is 17.2 Å². The molecule has 0 amide bonds. The number of methoxy groups -OCH3 is 1. The maximum absolute atomic E-state index is 5.84. The fourth-order valence-corrected chi connectivity index (χ4v) is 5.05. The van der Waals surface area contributed by atoms with E-state index in [0.29, 0.717) is 25.0 Å². The van der Waals surface area contributed by atoms with Gasteiger partial charge in [-0.3, -0.25) is 0 Å². The van der Waals surface area contributed by atoms with Gasteiger partial charge in [0, 0.05) is 23.5 Å². The zero-order chi connectivity index (χ0) is 31.5. The Morgan fingerprint density at radius 1 is 0.791 bits per heavy atom. The molecule has 0 heterocycles. The zero-order valence-electron chi connectivity index (χ0n) is 25.4. The molecule has 43 heavy (non-hydrogen) atoms. The third kappa shape index (κ3) is 14.2. The van der Waals surface area contributed by atoms with Gasteiger partial charge in [0.05, 0.1) is 42.7 Å². The van der Waals surface area contributed by atoms with E-state index in [1.165, 1.54) is 5.56 Å². The van der Waals surface area contributed by atoms with Crippen molar-refractivity contribution in [3.8, 4) is 17.2 Å². The molecule has 238 valence electrons. The van der Waals surface area contributed by atoms with Crippen molar-refractivity contribution in [1.29, 1.82) is 0 Å². The Bertz CT molecular complexity index is 1210. The van der Waals surface area contributed by atoms with E-state index in [2.05, 4.69) is 44.8 Å². The highest BCUT2D eigenvalue weighted by Crippen LogP contribution is 2.31. The largest absolute Gasteiger partial charge is 0.495 e. The number of hydrogen-bond donors (Lipinski definition) is 4. The van der Waals surface area contributed by atoms with Gasteiger partial charge >= 0.3 is 0 Å². The van der Waals surface area contributed by atoms with E-state index < -0.39 is 0 Å². The minimum Gasteiger partial charge on any atom is -0.495 e. The number of nitrogens with one attached hydrogen (secondary N) is 1. The number of aryl methyl sites for hydroxylation is 1. The Labute approximate surface area is 263 Å². The number of para-hydroxylation sites is 2. The Hall–Kier alpha value is -2.56. The maximum atomic E-state index is 5.84. The molecular weight excluding hydrogens is 592 g/mol. The molecule has 2 unspecified atom stereocenters. The van der Waals surface area contributed by atoms with Crippen LogP contribution in [0.1, 0.15) is 37.5 Å². The van der Waals surface area contributed by atoms with E-state index in [-0.39, 0.29) is 6.04 Å². The molecule has 0 radical (unpaired) electrons. The Balaban J connectivity index is 0.000000344. The molecule has 0 aliphatic carbocycles. The minimum atomic E-state index is 0.109. The summed E-state index contributed by atoms with van der Waals surface area (Å²) < 4.78 is 25.9.